The SMILES string of the molecule is C[C@@H](Sc1ccccc1Br)C(=O)Nc1cccc2ncccc12. The molecule has 0 saturated heterocycles. The fourth-order valence-electron chi connectivity index (χ4n) is 2.23. The van der Waals surface area contributed by atoms with Gasteiger partial charge in [-0.2, -0.15) is 0 Å². The van der Waals surface area contributed by atoms with Crippen LogP contribution in [0.5, 0.6) is 0 Å². The van der Waals surface area contributed by atoms with Gasteiger partial charge in [0.15, 0.2) is 0 Å². The number of carbonyl (C=O) groups excluding carboxylic acids is 1. The van der Waals surface area contributed by atoms with Crippen LogP contribution in [-0.2, 0) is 4.79 Å². The Kier molecular flexibility index (Phi) is 4.98. The van der Waals surface area contributed by atoms with Gasteiger partial charge in [0, 0.05) is 21.0 Å². The van der Waals surface area contributed by atoms with Crippen LogP contribution in [0.25, 0.3) is 10.9 Å². The lowest BCUT2D eigenvalue weighted by Gasteiger charge is -2.14. The summed E-state index contributed by atoms with van der Waals surface area (Å²) in [6.45, 7) is 1.91. The van der Waals surface area contributed by atoms with Gasteiger partial charge in [0.25, 0.3) is 0 Å². The number of benzene rings is 2. The highest BCUT2D eigenvalue weighted by molar-refractivity contribution is 9.10. The quantitative estimate of drug-likeness (QED) is 0.632. The molecule has 0 radical (unpaired) electrons. The molecule has 0 bridgehead atoms. The summed E-state index contributed by atoms with van der Waals surface area (Å²) in [4.78, 5) is 17.9. The molecule has 1 atom stereocenters. The van der Waals surface area contributed by atoms with Crippen LogP contribution in [-0.4, -0.2) is 16.1 Å². The van der Waals surface area contributed by atoms with E-state index in [9.17, 15) is 4.79 Å². The van der Waals surface area contributed by atoms with Crippen molar-refractivity contribution in [3.8, 4) is 0 Å². The summed E-state index contributed by atoms with van der Waals surface area (Å²) in [5, 5.41) is 3.75. The summed E-state index contributed by atoms with van der Waals surface area (Å²) in [5.74, 6) is -0.0258. The Balaban J connectivity index is 1.77. The van der Waals surface area contributed by atoms with E-state index in [1.54, 1.807) is 6.20 Å². The number of rotatable bonds is 4. The molecule has 1 amide bonds. The van der Waals surface area contributed by atoms with Crippen molar-refractivity contribution in [1.29, 1.82) is 0 Å². The van der Waals surface area contributed by atoms with Crippen LogP contribution < -0.4 is 5.32 Å². The highest BCUT2D eigenvalue weighted by Gasteiger charge is 2.16. The third-order valence-electron chi connectivity index (χ3n) is 3.41. The van der Waals surface area contributed by atoms with Gasteiger partial charge in [-0.05, 0) is 59.3 Å². The number of fused-ring (bicyclic) bond motifs is 1. The van der Waals surface area contributed by atoms with Gasteiger partial charge in [-0.25, -0.2) is 0 Å². The average molecular weight is 387 g/mol. The van der Waals surface area contributed by atoms with Gasteiger partial charge in [0.2, 0.25) is 5.91 Å². The monoisotopic (exact) mass is 386 g/mol. The number of carbonyl (C=O) groups is 1. The molecule has 3 rings (SSSR count). The summed E-state index contributed by atoms with van der Waals surface area (Å²) in [6, 6.07) is 17.5. The molecule has 5 heteroatoms. The van der Waals surface area contributed by atoms with Crippen molar-refractivity contribution in [3.63, 3.8) is 0 Å². The lowest BCUT2D eigenvalue weighted by Crippen LogP contribution is -2.22. The Morgan fingerprint density at radius 1 is 1.13 bits per heavy atom. The van der Waals surface area contributed by atoms with Gasteiger partial charge in [-0.15, -0.1) is 11.8 Å². The first-order chi connectivity index (χ1) is 11.1. The van der Waals surface area contributed by atoms with E-state index in [0.29, 0.717) is 0 Å². The third kappa shape index (κ3) is 3.74. The van der Waals surface area contributed by atoms with E-state index in [4.69, 9.17) is 0 Å². The van der Waals surface area contributed by atoms with Crippen LogP contribution in [0.3, 0.4) is 0 Å². The number of thioether (sulfide) groups is 1. The van der Waals surface area contributed by atoms with Crippen molar-refractivity contribution in [2.45, 2.75) is 17.1 Å². The highest BCUT2D eigenvalue weighted by Crippen LogP contribution is 2.31. The van der Waals surface area contributed by atoms with Gasteiger partial charge in [-0.3, -0.25) is 9.78 Å². The molecule has 0 aliphatic heterocycles. The van der Waals surface area contributed by atoms with Crippen molar-refractivity contribution >= 4 is 50.2 Å². The number of aromatic nitrogens is 1. The van der Waals surface area contributed by atoms with Crippen LogP contribution in [0, 0.1) is 0 Å². The average Bonchev–Trinajstić information content (AvgIpc) is 2.57. The van der Waals surface area contributed by atoms with Crippen molar-refractivity contribution in [3.05, 3.63) is 65.3 Å². The summed E-state index contributed by atoms with van der Waals surface area (Å²) < 4.78 is 0.999. The third-order valence-corrected chi connectivity index (χ3v) is 5.54. The van der Waals surface area contributed by atoms with Crippen molar-refractivity contribution in [1.82, 2.24) is 4.98 Å². The molecule has 1 aromatic heterocycles. The Hall–Kier alpha value is -1.85. The van der Waals surface area contributed by atoms with Crippen LogP contribution in [0.4, 0.5) is 5.69 Å². The predicted octanol–water partition coefficient (Wildman–Crippen LogP) is 5.12. The Morgan fingerprint density at radius 3 is 2.78 bits per heavy atom. The second kappa shape index (κ2) is 7.15. The number of nitrogens with one attached hydrogen (secondary N) is 1. The topological polar surface area (TPSA) is 42.0 Å². The van der Waals surface area contributed by atoms with Crippen LogP contribution in [0.2, 0.25) is 0 Å². The van der Waals surface area contributed by atoms with Crippen molar-refractivity contribution in [2.75, 3.05) is 5.32 Å². The van der Waals surface area contributed by atoms with Gasteiger partial charge < -0.3 is 5.32 Å². The number of pyridine rings is 1. The van der Waals surface area contributed by atoms with E-state index >= 15 is 0 Å². The number of nitrogens with zero attached hydrogens (tertiary/aromatic N) is 1. The van der Waals surface area contributed by atoms with Crippen molar-refractivity contribution in [2.24, 2.45) is 0 Å². The molecule has 0 unspecified atom stereocenters. The van der Waals surface area contributed by atoms with Crippen LogP contribution >= 0.6 is 27.7 Å². The standard InChI is InChI=1S/C18H15BrN2OS/c1-12(23-17-10-3-2-7-14(17)19)18(22)21-16-9-4-8-15-13(16)6-5-11-20-15/h2-12H,1H3,(H,21,22)/t12-/m1/s1. The van der Waals surface area contributed by atoms with E-state index in [-0.39, 0.29) is 11.2 Å². The minimum atomic E-state index is -0.208. The molecule has 116 valence electrons. The molecule has 1 heterocycles. The summed E-state index contributed by atoms with van der Waals surface area (Å²) >= 11 is 5.04. The molecule has 0 fully saturated rings. The minimum absolute atomic E-state index is 0.0258. The van der Waals surface area contributed by atoms with Crippen LogP contribution in [0.1, 0.15) is 6.92 Å². The lowest BCUT2D eigenvalue weighted by atomic mass is 10.2. The molecule has 0 spiro atoms. The lowest BCUT2D eigenvalue weighted by molar-refractivity contribution is -0.115. The summed E-state index contributed by atoms with van der Waals surface area (Å²) in [5.41, 5.74) is 1.66. The van der Waals surface area contributed by atoms with E-state index in [0.717, 1.165) is 26.0 Å². The largest absolute Gasteiger partial charge is 0.324 e. The first-order valence-electron chi connectivity index (χ1n) is 7.21. The molecule has 0 saturated carbocycles. The Labute approximate surface area is 147 Å². The van der Waals surface area contributed by atoms with E-state index in [1.807, 2.05) is 61.5 Å². The number of amides is 1. The Morgan fingerprint density at radius 2 is 1.96 bits per heavy atom. The molecule has 3 aromatic rings. The zero-order valence-corrected chi connectivity index (χ0v) is 14.9. The number of halogens is 1. The number of hydrogen-bond donors (Lipinski definition) is 1. The van der Waals surface area contributed by atoms with Gasteiger partial charge in [0.1, 0.15) is 0 Å². The summed E-state index contributed by atoms with van der Waals surface area (Å²) in [6.07, 6.45) is 1.75. The van der Waals surface area contributed by atoms with Gasteiger partial charge in [-0.1, -0.05) is 18.2 Å². The maximum atomic E-state index is 12.5. The molecule has 23 heavy (non-hydrogen) atoms. The van der Waals surface area contributed by atoms with Crippen molar-refractivity contribution < 1.29 is 4.79 Å². The number of anilines is 1. The maximum absolute atomic E-state index is 12.5. The molecule has 1 N–H and O–H groups in total. The molecular weight excluding hydrogens is 372 g/mol. The normalized spacial score (nSPS) is 12.1. The van der Waals surface area contributed by atoms with E-state index in [2.05, 4.69) is 26.2 Å². The van der Waals surface area contributed by atoms with Gasteiger partial charge in [0.05, 0.1) is 16.5 Å². The zero-order valence-electron chi connectivity index (χ0n) is 12.5. The summed E-state index contributed by atoms with van der Waals surface area (Å²) in [7, 11) is 0. The maximum Gasteiger partial charge on any atom is 0.237 e. The fraction of sp³-hybridized carbons (Fsp3) is 0.111. The molecule has 0 aliphatic rings. The Bertz CT molecular complexity index is 848. The minimum Gasteiger partial charge on any atom is -0.324 e. The first kappa shape index (κ1) is 16.0. The smallest absolute Gasteiger partial charge is 0.237 e. The van der Waals surface area contributed by atoms with Gasteiger partial charge >= 0.3 is 0 Å². The fourth-order valence-corrected chi connectivity index (χ4v) is 3.68. The zero-order chi connectivity index (χ0) is 16.2. The second-order valence-electron chi connectivity index (χ2n) is 5.06. The van der Waals surface area contributed by atoms with Crippen LogP contribution in [0.15, 0.2) is 70.2 Å². The van der Waals surface area contributed by atoms with E-state index in [1.165, 1.54) is 11.8 Å². The highest BCUT2D eigenvalue weighted by atomic mass is 79.9. The first-order valence-corrected chi connectivity index (χ1v) is 8.88. The molecule has 3 nitrogen and oxygen atoms in total. The second-order valence-corrected chi connectivity index (χ2v) is 7.29. The molecule has 0 aliphatic carbocycles. The molecule has 2 aromatic carbocycles. The predicted molar refractivity (Wildman–Crippen MR) is 99.8 cm³/mol. The molecular formula is C18H15BrN2OS. The number of hydrogen-bond acceptors (Lipinski definition) is 3. The van der Waals surface area contributed by atoms with E-state index < -0.39 is 0 Å².